The molecule has 0 aliphatic carbocycles. The van der Waals surface area contributed by atoms with E-state index in [1.54, 1.807) is 22.6 Å². The van der Waals surface area contributed by atoms with E-state index in [1.165, 1.54) is 6.92 Å². The number of alkyl halides is 4. The summed E-state index contributed by atoms with van der Waals surface area (Å²) in [6, 6.07) is 0. The van der Waals surface area contributed by atoms with Crippen LogP contribution in [0.3, 0.4) is 0 Å². The first kappa shape index (κ1) is 16.3. The Morgan fingerprint density at radius 3 is 2.63 bits per heavy atom. The molecule has 0 saturated heterocycles. The van der Waals surface area contributed by atoms with Gasteiger partial charge < -0.3 is 9.47 Å². The van der Waals surface area contributed by atoms with Crippen LogP contribution in [0.25, 0.3) is 0 Å². The van der Waals surface area contributed by atoms with Gasteiger partial charge in [-0.2, -0.15) is 0 Å². The molecular formula is C10H8ClF3INO3. The molecule has 1 heterocycles. The summed E-state index contributed by atoms with van der Waals surface area (Å²) >= 11 is 7.31. The Labute approximate surface area is 125 Å². The summed E-state index contributed by atoms with van der Waals surface area (Å²) in [5.41, 5.74) is 0.0396. The molecule has 0 aliphatic rings. The zero-order valence-corrected chi connectivity index (χ0v) is 12.5. The van der Waals surface area contributed by atoms with Crippen LogP contribution in [-0.4, -0.2) is 23.9 Å². The third kappa shape index (κ3) is 4.37. The van der Waals surface area contributed by atoms with Crippen LogP contribution >= 0.6 is 34.2 Å². The number of halogens is 5. The normalized spacial score (nSPS) is 11.3. The Morgan fingerprint density at radius 2 is 2.16 bits per heavy atom. The molecule has 4 nitrogen and oxygen atoms in total. The van der Waals surface area contributed by atoms with Crippen molar-refractivity contribution in [2.45, 2.75) is 19.2 Å². The Hall–Kier alpha value is -0.770. The van der Waals surface area contributed by atoms with Crippen LogP contribution < -0.4 is 4.74 Å². The van der Waals surface area contributed by atoms with Gasteiger partial charge in [0.25, 0.3) is 0 Å². The first-order valence-electron chi connectivity index (χ1n) is 4.96. The minimum absolute atomic E-state index is 0.00394. The van der Waals surface area contributed by atoms with Crippen molar-refractivity contribution in [2.75, 3.05) is 6.61 Å². The van der Waals surface area contributed by atoms with Crippen molar-refractivity contribution in [1.82, 2.24) is 4.98 Å². The molecule has 0 spiro atoms. The molecule has 19 heavy (non-hydrogen) atoms. The molecule has 0 aliphatic heterocycles. The molecule has 0 aromatic carbocycles. The third-order valence-electron chi connectivity index (χ3n) is 1.89. The number of hydrogen-bond donors (Lipinski definition) is 0. The summed E-state index contributed by atoms with van der Waals surface area (Å²) in [6.45, 7) is 1.55. The van der Waals surface area contributed by atoms with E-state index in [-0.39, 0.29) is 21.6 Å². The highest BCUT2D eigenvalue weighted by Crippen LogP contribution is 2.30. The van der Waals surface area contributed by atoms with Crippen LogP contribution in [0.4, 0.5) is 13.2 Å². The summed E-state index contributed by atoms with van der Waals surface area (Å²) < 4.78 is 45.4. The molecular weight excluding hydrogens is 401 g/mol. The van der Waals surface area contributed by atoms with E-state index < -0.39 is 18.2 Å². The van der Waals surface area contributed by atoms with E-state index in [2.05, 4.69) is 14.5 Å². The predicted molar refractivity (Wildman–Crippen MR) is 69.2 cm³/mol. The molecule has 0 amide bonds. The molecule has 0 N–H and O–H groups in total. The largest absolute Gasteiger partial charge is 0.574 e. The van der Waals surface area contributed by atoms with E-state index in [9.17, 15) is 18.0 Å². The number of pyridine rings is 1. The first-order chi connectivity index (χ1) is 8.80. The second-order valence-electron chi connectivity index (χ2n) is 3.18. The molecule has 9 heteroatoms. The quantitative estimate of drug-likeness (QED) is 0.434. The molecule has 106 valence electrons. The number of aromatic nitrogens is 1. The van der Waals surface area contributed by atoms with Gasteiger partial charge in [-0.05, 0) is 35.1 Å². The third-order valence-corrected chi connectivity index (χ3v) is 3.41. The van der Waals surface area contributed by atoms with Crippen molar-refractivity contribution in [1.29, 1.82) is 0 Å². The smallest absolute Gasteiger partial charge is 0.462 e. The summed E-state index contributed by atoms with van der Waals surface area (Å²) in [6.07, 6.45) is -3.82. The Balaban J connectivity index is 3.30. The molecule has 0 unspecified atom stereocenters. The van der Waals surface area contributed by atoms with E-state index in [0.29, 0.717) is 5.56 Å². The van der Waals surface area contributed by atoms with E-state index in [4.69, 9.17) is 11.6 Å². The van der Waals surface area contributed by atoms with Gasteiger partial charge in [-0.25, -0.2) is 9.78 Å². The van der Waals surface area contributed by atoms with Gasteiger partial charge in [-0.15, -0.1) is 24.8 Å². The lowest BCUT2D eigenvalue weighted by Gasteiger charge is -2.14. The van der Waals surface area contributed by atoms with Crippen LogP contribution in [0.1, 0.15) is 22.8 Å². The van der Waals surface area contributed by atoms with Gasteiger partial charge in [0.05, 0.1) is 6.61 Å². The van der Waals surface area contributed by atoms with E-state index >= 15 is 0 Å². The first-order valence-corrected chi connectivity index (χ1v) is 6.57. The zero-order chi connectivity index (χ0) is 14.6. The van der Waals surface area contributed by atoms with E-state index in [1.807, 2.05) is 0 Å². The lowest BCUT2D eigenvalue weighted by atomic mass is 10.2. The van der Waals surface area contributed by atoms with Crippen LogP contribution in [0, 0.1) is 3.57 Å². The maximum Gasteiger partial charge on any atom is 0.574 e. The SMILES string of the molecule is CCOC(=O)c1c(OC(F)(F)F)ncc(CCl)c1I. The highest BCUT2D eigenvalue weighted by molar-refractivity contribution is 14.1. The average Bonchev–Trinajstić information content (AvgIpc) is 2.27. The van der Waals surface area contributed by atoms with Crippen molar-refractivity contribution < 1.29 is 27.4 Å². The van der Waals surface area contributed by atoms with Crippen LogP contribution in [0.2, 0.25) is 0 Å². The molecule has 0 atom stereocenters. The lowest BCUT2D eigenvalue weighted by molar-refractivity contribution is -0.276. The maximum absolute atomic E-state index is 12.2. The fourth-order valence-corrected chi connectivity index (χ4v) is 2.38. The van der Waals surface area contributed by atoms with Gasteiger partial charge in [0.2, 0.25) is 5.88 Å². The monoisotopic (exact) mass is 409 g/mol. The van der Waals surface area contributed by atoms with Gasteiger partial charge in [-0.3, -0.25) is 0 Å². The van der Waals surface area contributed by atoms with Crippen molar-refractivity contribution in [2.24, 2.45) is 0 Å². The Kier molecular flexibility index (Phi) is 5.65. The van der Waals surface area contributed by atoms with Gasteiger partial charge in [0.15, 0.2) is 0 Å². The number of carbonyl (C=O) groups excluding carboxylic acids is 1. The Morgan fingerprint density at radius 1 is 1.53 bits per heavy atom. The highest BCUT2D eigenvalue weighted by Gasteiger charge is 2.35. The Bertz CT molecular complexity index is 482. The second kappa shape index (κ2) is 6.60. The number of ether oxygens (including phenoxy) is 2. The van der Waals surface area contributed by atoms with Crippen molar-refractivity contribution >= 4 is 40.2 Å². The average molecular weight is 410 g/mol. The van der Waals surface area contributed by atoms with Crippen LogP contribution in [-0.2, 0) is 10.6 Å². The number of carbonyl (C=O) groups is 1. The summed E-state index contributed by atoms with van der Waals surface area (Å²) in [7, 11) is 0. The minimum atomic E-state index is -4.94. The van der Waals surface area contributed by atoms with Crippen molar-refractivity contribution in [3.8, 4) is 5.88 Å². The van der Waals surface area contributed by atoms with E-state index in [0.717, 1.165) is 6.20 Å². The van der Waals surface area contributed by atoms with Crippen LogP contribution in [0.15, 0.2) is 6.20 Å². The molecule has 0 bridgehead atoms. The number of rotatable bonds is 4. The summed E-state index contributed by atoms with van der Waals surface area (Å²) in [4.78, 5) is 15.1. The standard InChI is InChI=1S/C10H8ClF3INO3/c1-2-18-9(17)6-7(15)5(3-11)4-16-8(6)19-10(12,13)14/h4H,2-3H2,1H3. The van der Waals surface area contributed by atoms with Crippen LogP contribution in [0.5, 0.6) is 5.88 Å². The molecule has 0 fully saturated rings. The molecule has 0 radical (unpaired) electrons. The molecule has 1 rings (SSSR count). The minimum Gasteiger partial charge on any atom is -0.462 e. The zero-order valence-electron chi connectivity index (χ0n) is 9.55. The molecule has 1 aromatic rings. The van der Waals surface area contributed by atoms with Gasteiger partial charge >= 0.3 is 12.3 Å². The van der Waals surface area contributed by atoms with Gasteiger partial charge in [0.1, 0.15) is 5.56 Å². The van der Waals surface area contributed by atoms with Gasteiger partial charge in [0, 0.05) is 15.6 Å². The summed E-state index contributed by atoms with van der Waals surface area (Å²) in [5, 5.41) is 0. The van der Waals surface area contributed by atoms with Crippen molar-refractivity contribution in [3.05, 3.63) is 20.9 Å². The second-order valence-corrected chi connectivity index (χ2v) is 4.53. The fraction of sp³-hybridized carbons (Fsp3) is 0.400. The number of hydrogen-bond acceptors (Lipinski definition) is 4. The summed E-state index contributed by atoms with van der Waals surface area (Å²) in [5.74, 6) is -1.78. The predicted octanol–water partition coefficient (Wildman–Crippen LogP) is 3.50. The molecule has 1 aromatic heterocycles. The molecule has 0 saturated carbocycles. The van der Waals surface area contributed by atoms with Crippen molar-refractivity contribution in [3.63, 3.8) is 0 Å². The lowest BCUT2D eigenvalue weighted by Crippen LogP contribution is -2.21. The maximum atomic E-state index is 12.2. The van der Waals surface area contributed by atoms with Gasteiger partial charge in [-0.1, -0.05) is 0 Å². The topological polar surface area (TPSA) is 48.4 Å². The fourth-order valence-electron chi connectivity index (χ4n) is 1.17. The number of esters is 1. The number of nitrogens with zero attached hydrogens (tertiary/aromatic N) is 1. The highest BCUT2D eigenvalue weighted by atomic mass is 127.